The van der Waals surface area contributed by atoms with Gasteiger partial charge in [-0.05, 0) is 26.7 Å². The topological polar surface area (TPSA) is 38.3 Å². The molecule has 3 heteroatoms. The van der Waals surface area contributed by atoms with Gasteiger partial charge in [0.05, 0.1) is 0 Å². The molecule has 0 heterocycles. The van der Waals surface area contributed by atoms with E-state index in [0.717, 1.165) is 6.42 Å². The molecule has 1 N–H and O–H groups in total. The molecule has 2 unspecified atom stereocenters. The van der Waals surface area contributed by atoms with Gasteiger partial charge < -0.3 is 10.1 Å². The van der Waals surface area contributed by atoms with Crippen molar-refractivity contribution in [3.8, 4) is 0 Å². The van der Waals surface area contributed by atoms with Gasteiger partial charge in [0.25, 0.3) is 0 Å². The quantitative estimate of drug-likeness (QED) is 0.781. The molecule has 0 aliphatic heterocycles. The fraction of sp³-hybridized carbons (Fsp3) is 0.692. The Morgan fingerprint density at radius 1 is 1.50 bits per heavy atom. The van der Waals surface area contributed by atoms with Crippen molar-refractivity contribution >= 4 is 6.09 Å². The first-order chi connectivity index (χ1) is 7.30. The molecule has 93 valence electrons. The number of carbonyl (C=O) groups is 1. The zero-order chi connectivity index (χ0) is 12.8. The Hall–Kier alpha value is -0.990. The Bertz CT molecular complexity index is 231. The molecule has 0 rings (SSSR count). The molecule has 0 spiro atoms. The van der Waals surface area contributed by atoms with E-state index in [9.17, 15) is 4.79 Å². The van der Waals surface area contributed by atoms with Crippen LogP contribution >= 0.6 is 0 Å². The number of rotatable bonds is 5. The van der Waals surface area contributed by atoms with Crippen LogP contribution in [0.3, 0.4) is 0 Å². The number of carbonyl (C=O) groups excluding carboxylic acids is 1. The smallest absolute Gasteiger partial charge is 0.407 e. The zero-order valence-corrected chi connectivity index (χ0v) is 11.0. The fourth-order valence-corrected chi connectivity index (χ4v) is 1.22. The van der Waals surface area contributed by atoms with Gasteiger partial charge in [0.15, 0.2) is 0 Å². The van der Waals surface area contributed by atoms with Gasteiger partial charge in [-0.3, -0.25) is 0 Å². The average Bonchev–Trinajstić information content (AvgIpc) is 2.13. The van der Waals surface area contributed by atoms with Crippen LogP contribution in [0.2, 0.25) is 0 Å². The Morgan fingerprint density at radius 2 is 2.06 bits per heavy atom. The maximum absolute atomic E-state index is 11.6. The molecule has 0 aromatic carbocycles. The van der Waals surface area contributed by atoms with E-state index in [1.807, 2.05) is 27.2 Å². The van der Waals surface area contributed by atoms with E-state index in [1.165, 1.54) is 0 Å². The molecule has 0 aliphatic rings. The van der Waals surface area contributed by atoms with Gasteiger partial charge in [0.2, 0.25) is 0 Å². The Labute approximate surface area is 99.3 Å². The second-order valence-electron chi connectivity index (χ2n) is 4.99. The lowest BCUT2D eigenvalue weighted by molar-refractivity contribution is 0.0498. The number of hydrogen-bond donors (Lipinski definition) is 1. The van der Waals surface area contributed by atoms with Crippen LogP contribution in [0.1, 0.15) is 41.0 Å². The van der Waals surface area contributed by atoms with Crippen molar-refractivity contribution < 1.29 is 9.53 Å². The fourth-order valence-electron chi connectivity index (χ4n) is 1.22. The second kappa shape index (κ2) is 6.56. The molecule has 0 aliphatic carbocycles. The molecule has 0 aromatic rings. The third-order valence-corrected chi connectivity index (χ3v) is 2.28. The molecule has 0 saturated carbocycles. The molecular weight excluding hydrogens is 202 g/mol. The summed E-state index contributed by atoms with van der Waals surface area (Å²) >= 11 is 0. The number of alkyl carbamates (subject to hydrolysis) is 1. The molecule has 16 heavy (non-hydrogen) atoms. The minimum atomic E-state index is -0.460. The Kier molecular flexibility index (Phi) is 6.16. The highest BCUT2D eigenvalue weighted by molar-refractivity contribution is 5.68. The van der Waals surface area contributed by atoms with Gasteiger partial charge in [0.1, 0.15) is 5.60 Å². The van der Waals surface area contributed by atoms with E-state index in [-0.39, 0.29) is 12.1 Å². The van der Waals surface area contributed by atoms with Crippen molar-refractivity contribution in [2.75, 3.05) is 0 Å². The highest BCUT2D eigenvalue weighted by atomic mass is 16.6. The summed E-state index contributed by atoms with van der Waals surface area (Å²) in [5.74, 6) is 0.366. The van der Waals surface area contributed by atoms with Crippen molar-refractivity contribution in [1.82, 2.24) is 5.32 Å². The van der Waals surface area contributed by atoms with Crippen LogP contribution in [0.5, 0.6) is 0 Å². The summed E-state index contributed by atoms with van der Waals surface area (Å²) in [7, 11) is 0. The van der Waals surface area contributed by atoms with Crippen molar-refractivity contribution in [1.29, 1.82) is 0 Å². The van der Waals surface area contributed by atoms with E-state index in [4.69, 9.17) is 4.74 Å². The predicted molar refractivity (Wildman–Crippen MR) is 67.1 cm³/mol. The summed E-state index contributed by atoms with van der Waals surface area (Å²) in [6, 6.07) is -0.0163. The van der Waals surface area contributed by atoms with Crippen LogP contribution in [0.25, 0.3) is 0 Å². The van der Waals surface area contributed by atoms with Crippen molar-refractivity contribution in [3.05, 3.63) is 19.1 Å². The van der Waals surface area contributed by atoms with Gasteiger partial charge in [-0.1, -0.05) is 26.3 Å². The maximum atomic E-state index is 11.6. The van der Waals surface area contributed by atoms with Crippen LogP contribution in [0.15, 0.2) is 12.7 Å². The molecule has 1 amide bonds. The largest absolute Gasteiger partial charge is 0.444 e. The summed E-state index contributed by atoms with van der Waals surface area (Å²) in [5, 5.41) is 2.84. The normalized spacial score (nSPS) is 15.1. The Morgan fingerprint density at radius 3 is 2.44 bits per heavy atom. The first kappa shape index (κ1) is 15.0. The summed E-state index contributed by atoms with van der Waals surface area (Å²) in [4.78, 5) is 11.6. The minimum Gasteiger partial charge on any atom is -0.444 e. The van der Waals surface area contributed by atoms with Crippen LogP contribution < -0.4 is 5.32 Å². The molecule has 0 saturated heterocycles. The number of hydrogen-bond acceptors (Lipinski definition) is 2. The van der Waals surface area contributed by atoms with Gasteiger partial charge in [-0.2, -0.15) is 0 Å². The van der Waals surface area contributed by atoms with Crippen LogP contribution in [-0.2, 0) is 4.74 Å². The first-order valence-electron chi connectivity index (χ1n) is 5.75. The molecule has 2 atom stereocenters. The SMILES string of the molecule is C=C[CH]C(NC(=O)OC(C)(C)C)C(C)CC. The van der Waals surface area contributed by atoms with Crippen LogP contribution in [0.4, 0.5) is 4.79 Å². The maximum Gasteiger partial charge on any atom is 0.407 e. The molecule has 0 fully saturated rings. The molecule has 0 aromatic heterocycles. The molecule has 1 radical (unpaired) electrons. The van der Waals surface area contributed by atoms with E-state index in [0.29, 0.717) is 5.92 Å². The molecule has 0 bridgehead atoms. The number of amides is 1. The lowest BCUT2D eigenvalue weighted by Crippen LogP contribution is -2.42. The highest BCUT2D eigenvalue weighted by Gasteiger charge is 2.21. The van der Waals surface area contributed by atoms with Gasteiger partial charge in [-0.25, -0.2) is 4.79 Å². The standard InChI is InChI=1S/C13H24NO2/c1-7-9-11(10(3)8-2)14-12(15)16-13(4,5)6/h7,9-11H,1,8H2,2-6H3,(H,14,15). The monoisotopic (exact) mass is 226 g/mol. The van der Waals surface area contributed by atoms with E-state index in [2.05, 4.69) is 25.7 Å². The van der Waals surface area contributed by atoms with Crippen molar-refractivity contribution in [2.24, 2.45) is 5.92 Å². The summed E-state index contributed by atoms with van der Waals surface area (Å²) in [6.07, 6.45) is 4.20. The summed E-state index contributed by atoms with van der Waals surface area (Å²) in [6.45, 7) is 13.4. The highest BCUT2D eigenvalue weighted by Crippen LogP contribution is 2.12. The third kappa shape index (κ3) is 6.49. The second-order valence-corrected chi connectivity index (χ2v) is 4.99. The minimum absolute atomic E-state index is 0.0163. The average molecular weight is 226 g/mol. The van der Waals surface area contributed by atoms with Crippen molar-refractivity contribution in [2.45, 2.75) is 52.7 Å². The molecular formula is C13H24NO2. The van der Waals surface area contributed by atoms with E-state index >= 15 is 0 Å². The van der Waals surface area contributed by atoms with Gasteiger partial charge >= 0.3 is 6.09 Å². The van der Waals surface area contributed by atoms with E-state index < -0.39 is 5.60 Å². The Balaban J connectivity index is 4.28. The predicted octanol–water partition coefficient (Wildman–Crippen LogP) is 3.32. The summed E-state index contributed by atoms with van der Waals surface area (Å²) < 4.78 is 5.20. The van der Waals surface area contributed by atoms with Gasteiger partial charge in [0, 0.05) is 12.5 Å². The number of ether oxygens (including phenoxy) is 1. The lowest BCUT2D eigenvalue weighted by Gasteiger charge is -2.26. The summed E-state index contributed by atoms with van der Waals surface area (Å²) in [5.41, 5.74) is -0.460. The molecule has 3 nitrogen and oxygen atoms in total. The van der Waals surface area contributed by atoms with Gasteiger partial charge in [-0.15, -0.1) is 6.58 Å². The first-order valence-corrected chi connectivity index (χ1v) is 5.75. The van der Waals surface area contributed by atoms with E-state index in [1.54, 1.807) is 6.08 Å². The van der Waals surface area contributed by atoms with Crippen LogP contribution in [0, 0.1) is 12.3 Å². The number of nitrogens with one attached hydrogen (secondary N) is 1. The van der Waals surface area contributed by atoms with Crippen molar-refractivity contribution in [3.63, 3.8) is 0 Å². The lowest BCUT2D eigenvalue weighted by atomic mass is 9.96. The van der Waals surface area contributed by atoms with Crippen LogP contribution in [-0.4, -0.2) is 17.7 Å². The third-order valence-electron chi connectivity index (χ3n) is 2.28. The zero-order valence-electron chi connectivity index (χ0n) is 11.0.